The van der Waals surface area contributed by atoms with Crippen LogP contribution in [-0.4, -0.2) is 23.6 Å². The van der Waals surface area contributed by atoms with Gasteiger partial charge in [-0.3, -0.25) is 4.99 Å². The highest BCUT2D eigenvalue weighted by atomic mass is 15.2. The number of rotatable bonds is 3. The SMILES string of the molecule is CN=CNc1ccc(-c2ccccc2)nn1. The summed E-state index contributed by atoms with van der Waals surface area (Å²) in [5.41, 5.74) is 1.92. The molecule has 0 saturated heterocycles. The summed E-state index contributed by atoms with van der Waals surface area (Å²) in [4.78, 5) is 3.81. The second kappa shape index (κ2) is 5.02. The third kappa shape index (κ3) is 2.42. The van der Waals surface area contributed by atoms with Crippen LogP contribution in [0.5, 0.6) is 0 Å². The molecule has 2 rings (SSSR count). The van der Waals surface area contributed by atoms with E-state index in [0.29, 0.717) is 5.82 Å². The lowest BCUT2D eigenvalue weighted by Gasteiger charge is -2.01. The lowest BCUT2D eigenvalue weighted by molar-refractivity contribution is 1.05. The standard InChI is InChI=1S/C12H12N4/c1-13-9-14-12-8-7-11(15-16-12)10-5-3-2-4-6-10/h2-9H,1H3,(H,13,14,16). The van der Waals surface area contributed by atoms with Crippen LogP contribution in [0.1, 0.15) is 0 Å². The summed E-state index contributed by atoms with van der Waals surface area (Å²) in [5.74, 6) is 0.685. The summed E-state index contributed by atoms with van der Waals surface area (Å²) in [7, 11) is 1.69. The van der Waals surface area contributed by atoms with Crippen LogP contribution in [0, 0.1) is 0 Å². The van der Waals surface area contributed by atoms with Gasteiger partial charge < -0.3 is 5.32 Å². The van der Waals surface area contributed by atoms with Gasteiger partial charge in [0.25, 0.3) is 0 Å². The van der Waals surface area contributed by atoms with Crippen molar-refractivity contribution < 1.29 is 0 Å². The zero-order valence-electron chi connectivity index (χ0n) is 8.96. The number of benzene rings is 1. The molecule has 4 heteroatoms. The molecule has 0 radical (unpaired) electrons. The van der Waals surface area contributed by atoms with E-state index in [0.717, 1.165) is 11.3 Å². The maximum absolute atomic E-state index is 4.13. The molecule has 0 aliphatic carbocycles. The average Bonchev–Trinajstić information content (AvgIpc) is 2.38. The van der Waals surface area contributed by atoms with E-state index in [9.17, 15) is 0 Å². The van der Waals surface area contributed by atoms with E-state index in [1.54, 1.807) is 13.4 Å². The minimum absolute atomic E-state index is 0.685. The van der Waals surface area contributed by atoms with Gasteiger partial charge in [-0.2, -0.15) is 0 Å². The Balaban J connectivity index is 2.20. The molecule has 16 heavy (non-hydrogen) atoms. The fourth-order valence-corrected chi connectivity index (χ4v) is 1.30. The average molecular weight is 212 g/mol. The lowest BCUT2D eigenvalue weighted by atomic mass is 10.1. The number of hydrogen-bond donors (Lipinski definition) is 1. The number of nitrogens with zero attached hydrogens (tertiary/aromatic N) is 3. The normalized spacial score (nSPS) is 10.6. The van der Waals surface area contributed by atoms with E-state index >= 15 is 0 Å². The van der Waals surface area contributed by atoms with Gasteiger partial charge in [-0.25, -0.2) is 0 Å². The van der Waals surface area contributed by atoms with Crippen molar-refractivity contribution in [3.8, 4) is 11.3 Å². The summed E-state index contributed by atoms with van der Waals surface area (Å²) >= 11 is 0. The zero-order chi connectivity index (χ0) is 11.2. The van der Waals surface area contributed by atoms with E-state index in [1.165, 1.54) is 0 Å². The molecule has 0 aliphatic rings. The van der Waals surface area contributed by atoms with Gasteiger partial charge in [-0.15, -0.1) is 10.2 Å². The van der Waals surface area contributed by atoms with E-state index in [4.69, 9.17) is 0 Å². The van der Waals surface area contributed by atoms with Crippen LogP contribution in [0.3, 0.4) is 0 Å². The topological polar surface area (TPSA) is 50.2 Å². The molecule has 0 aliphatic heterocycles. The summed E-state index contributed by atoms with van der Waals surface area (Å²) < 4.78 is 0. The summed E-state index contributed by atoms with van der Waals surface area (Å²) in [6, 6.07) is 13.7. The van der Waals surface area contributed by atoms with Crippen molar-refractivity contribution in [2.45, 2.75) is 0 Å². The third-order valence-electron chi connectivity index (χ3n) is 2.08. The van der Waals surface area contributed by atoms with E-state index in [2.05, 4.69) is 20.5 Å². The van der Waals surface area contributed by atoms with Crippen molar-refractivity contribution in [1.29, 1.82) is 0 Å². The largest absolute Gasteiger partial charge is 0.330 e. The van der Waals surface area contributed by atoms with Gasteiger partial charge in [0.15, 0.2) is 5.82 Å². The Morgan fingerprint density at radius 2 is 1.88 bits per heavy atom. The minimum Gasteiger partial charge on any atom is -0.330 e. The fraction of sp³-hybridized carbons (Fsp3) is 0.0833. The molecule has 0 amide bonds. The zero-order valence-corrected chi connectivity index (χ0v) is 8.96. The Morgan fingerprint density at radius 3 is 2.50 bits per heavy atom. The van der Waals surface area contributed by atoms with Gasteiger partial charge in [0.05, 0.1) is 12.0 Å². The van der Waals surface area contributed by atoms with Crippen molar-refractivity contribution in [2.24, 2.45) is 4.99 Å². The minimum atomic E-state index is 0.685. The summed E-state index contributed by atoms with van der Waals surface area (Å²) in [6.45, 7) is 0. The first-order valence-corrected chi connectivity index (χ1v) is 4.96. The van der Waals surface area contributed by atoms with Crippen molar-refractivity contribution in [3.63, 3.8) is 0 Å². The van der Waals surface area contributed by atoms with E-state index in [-0.39, 0.29) is 0 Å². The van der Waals surface area contributed by atoms with Gasteiger partial charge in [0.2, 0.25) is 0 Å². The molecule has 1 aromatic carbocycles. The highest BCUT2D eigenvalue weighted by Crippen LogP contribution is 2.15. The van der Waals surface area contributed by atoms with Crippen LogP contribution in [0.4, 0.5) is 5.82 Å². The second-order valence-electron chi connectivity index (χ2n) is 3.20. The monoisotopic (exact) mass is 212 g/mol. The Labute approximate surface area is 94.1 Å². The number of hydrogen-bond acceptors (Lipinski definition) is 3. The Bertz CT molecular complexity index is 462. The molecule has 0 saturated carbocycles. The molecule has 1 N–H and O–H groups in total. The highest BCUT2D eigenvalue weighted by molar-refractivity contribution is 5.73. The number of anilines is 1. The van der Waals surface area contributed by atoms with Crippen molar-refractivity contribution in [1.82, 2.24) is 10.2 Å². The molecule has 1 heterocycles. The van der Waals surface area contributed by atoms with Gasteiger partial charge in [-0.1, -0.05) is 30.3 Å². The number of aliphatic imine (C=N–C) groups is 1. The van der Waals surface area contributed by atoms with E-state index in [1.807, 2.05) is 42.5 Å². The second-order valence-corrected chi connectivity index (χ2v) is 3.20. The first-order chi connectivity index (χ1) is 7.90. The molecule has 0 atom stereocenters. The van der Waals surface area contributed by atoms with Crippen LogP contribution in [0.2, 0.25) is 0 Å². The molecular formula is C12H12N4. The van der Waals surface area contributed by atoms with Crippen LogP contribution < -0.4 is 5.32 Å². The Morgan fingerprint density at radius 1 is 1.06 bits per heavy atom. The molecule has 0 fully saturated rings. The fourth-order valence-electron chi connectivity index (χ4n) is 1.30. The molecule has 0 unspecified atom stereocenters. The van der Waals surface area contributed by atoms with Crippen molar-refractivity contribution in [3.05, 3.63) is 42.5 Å². The number of nitrogens with one attached hydrogen (secondary N) is 1. The number of aromatic nitrogens is 2. The van der Waals surface area contributed by atoms with Gasteiger partial charge in [-0.05, 0) is 12.1 Å². The summed E-state index contributed by atoms with van der Waals surface area (Å²) in [6.07, 6.45) is 1.58. The van der Waals surface area contributed by atoms with Gasteiger partial charge >= 0.3 is 0 Å². The molecule has 4 nitrogen and oxygen atoms in total. The van der Waals surface area contributed by atoms with Crippen LogP contribution in [-0.2, 0) is 0 Å². The molecule has 0 spiro atoms. The maximum atomic E-state index is 4.13. The summed E-state index contributed by atoms with van der Waals surface area (Å²) in [5, 5.41) is 11.1. The third-order valence-corrected chi connectivity index (χ3v) is 2.08. The first kappa shape index (κ1) is 10.3. The van der Waals surface area contributed by atoms with Gasteiger partial charge in [0, 0.05) is 12.6 Å². The smallest absolute Gasteiger partial charge is 0.153 e. The predicted molar refractivity (Wildman–Crippen MR) is 65.5 cm³/mol. The molecular weight excluding hydrogens is 200 g/mol. The van der Waals surface area contributed by atoms with Gasteiger partial charge in [0.1, 0.15) is 0 Å². The highest BCUT2D eigenvalue weighted by Gasteiger charge is 1.98. The van der Waals surface area contributed by atoms with Crippen molar-refractivity contribution in [2.75, 3.05) is 12.4 Å². The van der Waals surface area contributed by atoms with Crippen LogP contribution >= 0.6 is 0 Å². The predicted octanol–water partition coefficient (Wildman–Crippen LogP) is 2.21. The molecule has 0 bridgehead atoms. The Hall–Kier alpha value is -2.23. The van der Waals surface area contributed by atoms with E-state index < -0.39 is 0 Å². The van der Waals surface area contributed by atoms with Crippen molar-refractivity contribution >= 4 is 12.2 Å². The lowest BCUT2D eigenvalue weighted by Crippen LogP contribution is -1.99. The molecule has 1 aromatic heterocycles. The quantitative estimate of drug-likeness (QED) is 0.627. The first-order valence-electron chi connectivity index (χ1n) is 4.96. The molecule has 80 valence electrons. The van der Waals surface area contributed by atoms with Crippen LogP contribution in [0.25, 0.3) is 11.3 Å². The molecule has 2 aromatic rings. The maximum Gasteiger partial charge on any atom is 0.153 e. The van der Waals surface area contributed by atoms with Crippen LogP contribution in [0.15, 0.2) is 47.5 Å². The Kier molecular flexibility index (Phi) is 3.23.